The molecule has 2 heterocycles. The van der Waals surface area contributed by atoms with Gasteiger partial charge < -0.3 is 13.9 Å². The summed E-state index contributed by atoms with van der Waals surface area (Å²) in [6.45, 7) is 0. The molecule has 7 nitrogen and oxygen atoms in total. The lowest BCUT2D eigenvalue weighted by Crippen LogP contribution is -1.97. The Morgan fingerprint density at radius 1 is 1.03 bits per heavy atom. The first-order valence-corrected chi connectivity index (χ1v) is 8.68. The van der Waals surface area contributed by atoms with Crippen LogP contribution in [0.1, 0.15) is 11.3 Å². The van der Waals surface area contributed by atoms with Crippen LogP contribution < -0.4 is 4.74 Å². The molecule has 3 aromatic rings. The smallest absolute Gasteiger partial charge is 0.343 e. The van der Waals surface area contributed by atoms with Crippen LogP contribution >= 0.6 is 0 Å². The number of carbonyl (C=O) groups excluding carboxylic acids is 1. The fraction of sp³-hybridized carbons (Fsp3) is 0.0455. The molecule has 0 N–H and O–H groups in total. The van der Waals surface area contributed by atoms with Crippen LogP contribution in [0.2, 0.25) is 0 Å². The largest absolute Gasteiger partial charge is 0.497 e. The van der Waals surface area contributed by atoms with Crippen LogP contribution in [0.3, 0.4) is 0 Å². The Hall–Kier alpha value is -4.13. The van der Waals surface area contributed by atoms with E-state index in [0.29, 0.717) is 34.2 Å². The lowest BCUT2D eigenvalue weighted by molar-refractivity contribution is -0.384. The van der Waals surface area contributed by atoms with Gasteiger partial charge in [-0.05, 0) is 48.6 Å². The number of hydrogen-bond acceptors (Lipinski definition) is 6. The maximum absolute atomic E-state index is 12.2. The second-order valence-electron chi connectivity index (χ2n) is 6.24. The average Bonchev–Trinajstić information content (AvgIpc) is 3.35. The van der Waals surface area contributed by atoms with Crippen molar-refractivity contribution in [3.8, 4) is 17.1 Å². The molecular formula is C22H15NO6. The van der Waals surface area contributed by atoms with Crippen molar-refractivity contribution in [1.29, 1.82) is 0 Å². The minimum atomic E-state index is -0.482. The molecule has 0 fully saturated rings. The third-order valence-corrected chi connectivity index (χ3v) is 4.37. The molecule has 29 heavy (non-hydrogen) atoms. The molecular weight excluding hydrogens is 374 g/mol. The summed E-state index contributed by atoms with van der Waals surface area (Å²) in [5, 5.41) is 10.9. The van der Waals surface area contributed by atoms with Crippen molar-refractivity contribution >= 4 is 23.5 Å². The molecule has 0 saturated heterocycles. The average molecular weight is 389 g/mol. The summed E-state index contributed by atoms with van der Waals surface area (Å²) < 4.78 is 16.2. The van der Waals surface area contributed by atoms with E-state index in [1.54, 1.807) is 67.8 Å². The van der Waals surface area contributed by atoms with Crippen molar-refractivity contribution in [1.82, 2.24) is 0 Å². The molecule has 1 aliphatic rings. The molecule has 1 aliphatic heterocycles. The van der Waals surface area contributed by atoms with Crippen LogP contribution in [0.25, 0.3) is 23.2 Å². The van der Waals surface area contributed by atoms with Crippen LogP contribution in [0.5, 0.6) is 5.75 Å². The van der Waals surface area contributed by atoms with Gasteiger partial charge in [-0.25, -0.2) is 4.79 Å². The Balaban J connectivity index is 1.59. The zero-order valence-electron chi connectivity index (χ0n) is 15.3. The summed E-state index contributed by atoms with van der Waals surface area (Å²) in [5.74, 6) is 1.56. The van der Waals surface area contributed by atoms with Gasteiger partial charge in [0.25, 0.3) is 5.69 Å². The normalized spacial score (nSPS) is 14.6. The Morgan fingerprint density at radius 2 is 1.83 bits per heavy atom. The number of nitro groups is 1. The first-order chi connectivity index (χ1) is 14.0. The SMILES string of the molecule is COc1ccc(C2=C/C(=C\c3ccc(-c4cccc([N+](=O)[O-])c4)o3)C(=O)O2)cc1. The van der Waals surface area contributed by atoms with E-state index in [0.717, 1.165) is 5.56 Å². The van der Waals surface area contributed by atoms with Crippen molar-refractivity contribution in [2.45, 2.75) is 0 Å². The highest BCUT2D eigenvalue weighted by Crippen LogP contribution is 2.30. The summed E-state index contributed by atoms with van der Waals surface area (Å²) in [6, 6.07) is 16.7. The molecule has 0 radical (unpaired) electrons. The van der Waals surface area contributed by atoms with E-state index in [4.69, 9.17) is 13.9 Å². The number of rotatable bonds is 5. The van der Waals surface area contributed by atoms with Gasteiger partial charge >= 0.3 is 5.97 Å². The number of nitro benzene ring substituents is 1. The number of ether oxygens (including phenoxy) is 2. The van der Waals surface area contributed by atoms with Gasteiger partial charge in [0.05, 0.1) is 17.6 Å². The summed E-state index contributed by atoms with van der Waals surface area (Å²) in [4.78, 5) is 22.7. The van der Waals surface area contributed by atoms with E-state index in [2.05, 4.69) is 0 Å². The monoisotopic (exact) mass is 389 g/mol. The van der Waals surface area contributed by atoms with Gasteiger partial charge in [-0.1, -0.05) is 12.1 Å². The highest BCUT2D eigenvalue weighted by Gasteiger charge is 2.22. The third-order valence-electron chi connectivity index (χ3n) is 4.37. The fourth-order valence-corrected chi connectivity index (χ4v) is 2.90. The number of esters is 1. The quantitative estimate of drug-likeness (QED) is 0.268. The highest BCUT2D eigenvalue weighted by atomic mass is 16.6. The van der Waals surface area contributed by atoms with Gasteiger partial charge in [0.1, 0.15) is 23.0 Å². The predicted molar refractivity (Wildman–Crippen MR) is 106 cm³/mol. The van der Waals surface area contributed by atoms with Gasteiger partial charge in [0.15, 0.2) is 0 Å². The Labute approximate surface area is 165 Å². The number of methoxy groups -OCH3 is 1. The number of carbonyl (C=O) groups is 1. The van der Waals surface area contributed by atoms with Crippen LogP contribution in [-0.2, 0) is 9.53 Å². The highest BCUT2D eigenvalue weighted by molar-refractivity contribution is 6.04. The summed E-state index contributed by atoms with van der Waals surface area (Å²) in [7, 11) is 1.58. The standard InChI is InChI=1S/C22H15NO6/c1-27-18-7-5-14(6-8-18)21-13-16(22(24)29-21)12-19-9-10-20(28-19)15-3-2-4-17(11-15)23(25)26/h2-13H,1H3/b16-12+. The summed E-state index contributed by atoms with van der Waals surface area (Å²) in [6.07, 6.45) is 3.21. The van der Waals surface area contributed by atoms with Gasteiger partial charge in [-0.2, -0.15) is 0 Å². The molecule has 0 spiro atoms. The molecule has 144 valence electrons. The zero-order valence-corrected chi connectivity index (χ0v) is 15.3. The van der Waals surface area contributed by atoms with Crippen molar-refractivity contribution in [2.24, 2.45) is 0 Å². The molecule has 4 rings (SSSR count). The molecule has 0 unspecified atom stereocenters. The molecule has 7 heteroatoms. The number of cyclic esters (lactones) is 1. The molecule has 0 atom stereocenters. The molecule has 0 bridgehead atoms. The minimum absolute atomic E-state index is 0.0229. The molecule has 0 aliphatic carbocycles. The van der Waals surface area contributed by atoms with E-state index in [1.165, 1.54) is 12.1 Å². The number of hydrogen-bond donors (Lipinski definition) is 0. The number of furan rings is 1. The third kappa shape index (κ3) is 3.79. The Morgan fingerprint density at radius 3 is 2.55 bits per heavy atom. The van der Waals surface area contributed by atoms with E-state index in [9.17, 15) is 14.9 Å². The van der Waals surface area contributed by atoms with Crippen molar-refractivity contribution in [3.05, 3.63) is 93.8 Å². The van der Waals surface area contributed by atoms with Gasteiger partial charge in [-0.3, -0.25) is 10.1 Å². The van der Waals surface area contributed by atoms with Crippen LogP contribution in [0.15, 0.2) is 76.7 Å². The number of non-ortho nitro benzene ring substituents is 1. The van der Waals surface area contributed by atoms with Crippen LogP contribution in [-0.4, -0.2) is 18.0 Å². The second kappa shape index (κ2) is 7.47. The minimum Gasteiger partial charge on any atom is -0.497 e. The lowest BCUT2D eigenvalue weighted by Gasteiger charge is -2.03. The Bertz CT molecular complexity index is 1150. The van der Waals surface area contributed by atoms with Crippen molar-refractivity contribution < 1.29 is 23.6 Å². The van der Waals surface area contributed by atoms with E-state index < -0.39 is 10.9 Å². The van der Waals surface area contributed by atoms with Crippen molar-refractivity contribution in [3.63, 3.8) is 0 Å². The predicted octanol–water partition coefficient (Wildman–Crippen LogP) is 4.84. The van der Waals surface area contributed by atoms with E-state index >= 15 is 0 Å². The van der Waals surface area contributed by atoms with Gasteiger partial charge in [0.2, 0.25) is 0 Å². The first-order valence-electron chi connectivity index (χ1n) is 8.68. The Kier molecular flexibility index (Phi) is 4.70. The number of nitrogens with zero attached hydrogens (tertiary/aromatic N) is 1. The summed E-state index contributed by atoms with van der Waals surface area (Å²) >= 11 is 0. The van der Waals surface area contributed by atoms with Crippen LogP contribution in [0.4, 0.5) is 5.69 Å². The van der Waals surface area contributed by atoms with Crippen LogP contribution in [0, 0.1) is 10.1 Å². The number of benzene rings is 2. The maximum atomic E-state index is 12.2. The first kappa shape index (κ1) is 18.2. The molecule has 0 amide bonds. The van der Waals surface area contributed by atoms with Gasteiger partial charge in [-0.15, -0.1) is 0 Å². The van der Waals surface area contributed by atoms with Crippen molar-refractivity contribution in [2.75, 3.05) is 7.11 Å². The molecule has 1 aromatic heterocycles. The zero-order chi connectivity index (χ0) is 20.4. The van der Waals surface area contributed by atoms with E-state index in [-0.39, 0.29) is 5.69 Å². The maximum Gasteiger partial charge on any atom is 0.343 e. The fourth-order valence-electron chi connectivity index (χ4n) is 2.90. The summed E-state index contributed by atoms with van der Waals surface area (Å²) in [5.41, 5.74) is 1.65. The second-order valence-corrected chi connectivity index (χ2v) is 6.24. The topological polar surface area (TPSA) is 91.8 Å². The van der Waals surface area contributed by atoms with Gasteiger partial charge in [0, 0.05) is 23.3 Å². The molecule has 0 saturated carbocycles. The van der Waals surface area contributed by atoms with E-state index in [1.807, 2.05) is 0 Å². The lowest BCUT2D eigenvalue weighted by atomic mass is 10.1. The molecule has 2 aromatic carbocycles.